The number of hydrogen-bond donors (Lipinski definition) is 3. The summed E-state index contributed by atoms with van der Waals surface area (Å²) in [5, 5.41) is 31.8. The third-order valence-corrected chi connectivity index (χ3v) is 9.33. The molecule has 0 aromatic carbocycles. The highest BCUT2D eigenvalue weighted by molar-refractivity contribution is 6.26. The minimum atomic E-state index is -1.78. The van der Waals surface area contributed by atoms with Crippen LogP contribution in [-0.2, 0) is 9.59 Å². The van der Waals surface area contributed by atoms with Gasteiger partial charge in [0.25, 0.3) is 0 Å². The fourth-order valence-corrected chi connectivity index (χ4v) is 7.16. The van der Waals surface area contributed by atoms with E-state index >= 15 is 4.39 Å². The van der Waals surface area contributed by atoms with E-state index in [1.54, 1.807) is 13.8 Å². The van der Waals surface area contributed by atoms with Gasteiger partial charge in [0.15, 0.2) is 11.6 Å². The fourth-order valence-electron chi connectivity index (χ4n) is 6.68. The molecule has 154 valence electrons. The molecular weight excluding hydrogens is 387 g/mol. The number of ketones is 2. The van der Waals surface area contributed by atoms with Crippen molar-refractivity contribution in [1.82, 2.24) is 0 Å². The molecule has 0 radical (unpaired) electrons. The highest BCUT2D eigenvalue weighted by atomic mass is 35.5. The molecule has 0 bridgehead atoms. The van der Waals surface area contributed by atoms with E-state index in [-0.39, 0.29) is 36.5 Å². The van der Waals surface area contributed by atoms with Gasteiger partial charge in [-0.05, 0) is 49.3 Å². The number of Topliss-reactive ketones (excluding diaryl/α,β-unsaturated/α-hetero) is 1. The third-order valence-electron chi connectivity index (χ3n) is 8.41. The number of alkyl halides is 1. The second kappa shape index (κ2) is 5.97. The average Bonchev–Trinajstić information content (AvgIpc) is 2.91. The van der Waals surface area contributed by atoms with Crippen LogP contribution in [0.5, 0.6) is 0 Å². The minimum absolute atomic E-state index is 0.0617. The lowest BCUT2D eigenvalue weighted by Gasteiger charge is -2.63. The molecule has 0 aromatic rings. The van der Waals surface area contributed by atoms with Crippen LogP contribution >= 0.6 is 11.6 Å². The topological polar surface area (TPSA) is 94.8 Å². The van der Waals surface area contributed by atoms with Crippen LogP contribution in [0.2, 0.25) is 0 Å². The van der Waals surface area contributed by atoms with Gasteiger partial charge in [0, 0.05) is 23.2 Å². The molecule has 0 aromatic heterocycles. The zero-order valence-corrected chi connectivity index (χ0v) is 16.8. The van der Waals surface area contributed by atoms with Crippen molar-refractivity contribution < 1.29 is 29.3 Å². The Morgan fingerprint density at radius 1 is 1.36 bits per heavy atom. The van der Waals surface area contributed by atoms with Gasteiger partial charge in [-0.25, -0.2) is 4.39 Å². The monoisotopic (exact) mass is 412 g/mol. The molecule has 1 unspecified atom stereocenters. The summed E-state index contributed by atoms with van der Waals surface area (Å²) < 4.78 is 15.1. The van der Waals surface area contributed by atoms with Crippen LogP contribution < -0.4 is 0 Å². The molecule has 4 aliphatic rings. The summed E-state index contributed by atoms with van der Waals surface area (Å²) in [6, 6.07) is 0. The highest BCUT2D eigenvalue weighted by Gasteiger charge is 2.73. The van der Waals surface area contributed by atoms with E-state index < -0.39 is 51.5 Å². The van der Waals surface area contributed by atoms with Crippen molar-refractivity contribution in [3.05, 3.63) is 23.6 Å². The second-order valence-corrected chi connectivity index (χ2v) is 10.0. The number of halogens is 2. The first-order valence-corrected chi connectivity index (χ1v) is 10.2. The van der Waals surface area contributed by atoms with E-state index in [0.29, 0.717) is 12.8 Å². The maximum atomic E-state index is 15.1. The summed E-state index contributed by atoms with van der Waals surface area (Å²) >= 11 is 7.16. The summed E-state index contributed by atoms with van der Waals surface area (Å²) in [6.07, 6.45) is 2.75. The van der Waals surface area contributed by atoms with Crippen molar-refractivity contribution in [2.75, 3.05) is 6.61 Å². The van der Waals surface area contributed by atoms with Gasteiger partial charge >= 0.3 is 0 Å². The number of aliphatic hydroxyl groups excluding tert-OH is 2. The summed E-state index contributed by atoms with van der Waals surface area (Å²) in [5.74, 6) is -2.30. The standard InChI is InChI=1S/C21H26ClFO5/c1-18-5-3-11(25)7-14(18)15(23)8-13-12-4-6-20(28,17(27)10-24)19(12,2)9-16(26)21(13,18)22/h7-8,12-13,16,24,26,28H,3-6,9-10H2,1-2H3/t12-,13-,16?,18-,19-,20-,21-/m0/s1. The van der Waals surface area contributed by atoms with Crippen LogP contribution in [0.15, 0.2) is 23.6 Å². The van der Waals surface area contributed by atoms with Gasteiger partial charge in [-0.3, -0.25) is 9.59 Å². The number of hydrogen-bond acceptors (Lipinski definition) is 5. The molecule has 5 nitrogen and oxygen atoms in total. The van der Waals surface area contributed by atoms with Crippen molar-refractivity contribution in [3.8, 4) is 0 Å². The Labute approximate surface area is 168 Å². The van der Waals surface area contributed by atoms with Crippen LogP contribution in [0.3, 0.4) is 0 Å². The molecule has 0 saturated heterocycles. The molecule has 7 atom stereocenters. The molecule has 3 N–H and O–H groups in total. The Balaban J connectivity index is 1.89. The summed E-state index contributed by atoms with van der Waals surface area (Å²) in [6.45, 7) is 2.73. The van der Waals surface area contributed by atoms with Crippen LogP contribution in [-0.4, -0.2) is 50.1 Å². The number of aliphatic hydroxyl groups is 3. The van der Waals surface area contributed by atoms with E-state index in [1.807, 2.05) is 0 Å². The Hall–Kier alpha value is -1.08. The first-order chi connectivity index (χ1) is 13.0. The minimum Gasteiger partial charge on any atom is -0.391 e. The Bertz CT molecular complexity index is 824. The fraction of sp³-hybridized carbons (Fsp3) is 0.714. The number of fused-ring (bicyclic) bond motifs is 5. The van der Waals surface area contributed by atoms with Gasteiger partial charge in [0.05, 0.1) is 11.0 Å². The van der Waals surface area contributed by atoms with Gasteiger partial charge in [0.2, 0.25) is 0 Å². The first kappa shape index (κ1) is 20.2. The van der Waals surface area contributed by atoms with E-state index in [9.17, 15) is 24.9 Å². The number of allylic oxidation sites excluding steroid dienone is 4. The van der Waals surface area contributed by atoms with Crippen molar-refractivity contribution >= 4 is 23.2 Å². The summed E-state index contributed by atoms with van der Waals surface area (Å²) in [4.78, 5) is 23.0. The molecule has 28 heavy (non-hydrogen) atoms. The van der Waals surface area contributed by atoms with E-state index in [0.717, 1.165) is 0 Å². The quantitative estimate of drug-likeness (QED) is 0.604. The van der Waals surface area contributed by atoms with Crippen molar-refractivity contribution in [2.45, 2.75) is 62.5 Å². The Morgan fingerprint density at radius 3 is 2.68 bits per heavy atom. The van der Waals surface area contributed by atoms with E-state index in [4.69, 9.17) is 11.6 Å². The van der Waals surface area contributed by atoms with Crippen molar-refractivity contribution in [1.29, 1.82) is 0 Å². The molecule has 4 rings (SSSR count). The third kappa shape index (κ3) is 2.12. The lowest BCUT2D eigenvalue weighted by atomic mass is 9.46. The van der Waals surface area contributed by atoms with Crippen LogP contribution in [0.1, 0.15) is 46.0 Å². The number of carbonyl (C=O) groups is 2. The number of carbonyl (C=O) groups excluding carboxylic acids is 2. The van der Waals surface area contributed by atoms with Crippen molar-refractivity contribution in [2.24, 2.45) is 22.7 Å². The summed E-state index contributed by atoms with van der Waals surface area (Å²) in [5.41, 5.74) is -3.52. The molecule has 0 aliphatic heterocycles. The molecule has 0 spiro atoms. The first-order valence-electron chi connectivity index (χ1n) is 9.82. The zero-order valence-electron chi connectivity index (χ0n) is 16.0. The molecule has 2 saturated carbocycles. The maximum absolute atomic E-state index is 15.1. The Kier molecular flexibility index (Phi) is 4.31. The van der Waals surface area contributed by atoms with Gasteiger partial charge in [-0.1, -0.05) is 13.8 Å². The predicted octanol–water partition coefficient (Wildman–Crippen LogP) is 2.22. The smallest absolute Gasteiger partial charge is 0.190 e. The molecular formula is C21H26ClFO5. The molecule has 0 amide bonds. The molecule has 2 fully saturated rings. The van der Waals surface area contributed by atoms with Gasteiger partial charge < -0.3 is 15.3 Å². The van der Waals surface area contributed by atoms with Gasteiger partial charge in [-0.15, -0.1) is 11.6 Å². The SMILES string of the molecule is C[C@]12CCC(=O)C=C1C(F)=C[C@H]1[C@@H]3CC[C@](O)(C(=O)CO)[C@@]3(C)CC(O)[C@@]12Cl. The van der Waals surface area contributed by atoms with Crippen LogP contribution in [0.25, 0.3) is 0 Å². The Morgan fingerprint density at radius 2 is 2.04 bits per heavy atom. The average molecular weight is 413 g/mol. The van der Waals surface area contributed by atoms with E-state index in [1.165, 1.54) is 12.2 Å². The van der Waals surface area contributed by atoms with Crippen LogP contribution in [0.4, 0.5) is 4.39 Å². The van der Waals surface area contributed by atoms with Gasteiger partial charge in [-0.2, -0.15) is 0 Å². The van der Waals surface area contributed by atoms with E-state index in [2.05, 4.69) is 0 Å². The predicted molar refractivity (Wildman–Crippen MR) is 100 cm³/mol. The maximum Gasteiger partial charge on any atom is 0.190 e. The zero-order chi connectivity index (χ0) is 20.7. The van der Waals surface area contributed by atoms with Crippen molar-refractivity contribution in [3.63, 3.8) is 0 Å². The summed E-state index contributed by atoms with van der Waals surface area (Å²) in [7, 11) is 0. The number of rotatable bonds is 2. The molecule has 0 heterocycles. The highest BCUT2D eigenvalue weighted by Crippen LogP contribution is 2.70. The lowest BCUT2D eigenvalue weighted by molar-refractivity contribution is -0.171. The molecule has 7 heteroatoms. The van der Waals surface area contributed by atoms with Crippen LogP contribution in [0, 0.1) is 22.7 Å². The van der Waals surface area contributed by atoms with Gasteiger partial charge in [0.1, 0.15) is 18.0 Å². The normalized spacial score (nSPS) is 50.2. The lowest BCUT2D eigenvalue weighted by Crippen LogP contribution is -2.68. The molecule has 4 aliphatic carbocycles. The largest absolute Gasteiger partial charge is 0.391 e. The second-order valence-electron chi connectivity index (χ2n) is 9.39.